The highest BCUT2D eigenvalue weighted by atomic mass is 16.2. The first kappa shape index (κ1) is 18.2. The van der Waals surface area contributed by atoms with Gasteiger partial charge in [0.1, 0.15) is 6.54 Å². The first-order chi connectivity index (χ1) is 13.7. The molecule has 2 aromatic carbocycles. The average molecular weight is 376 g/mol. The number of benzene rings is 2. The Morgan fingerprint density at radius 1 is 1.04 bits per heavy atom. The van der Waals surface area contributed by atoms with Gasteiger partial charge in [-0.25, -0.2) is 9.48 Å². The van der Waals surface area contributed by atoms with Crippen molar-refractivity contribution in [1.82, 2.24) is 19.7 Å². The van der Waals surface area contributed by atoms with Gasteiger partial charge in [0.2, 0.25) is 5.91 Å². The Kier molecular flexibility index (Phi) is 5.37. The number of amides is 1. The van der Waals surface area contributed by atoms with Crippen molar-refractivity contribution in [2.75, 3.05) is 0 Å². The molecule has 1 aromatic heterocycles. The van der Waals surface area contributed by atoms with E-state index >= 15 is 0 Å². The van der Waals surface area contributed by atoms with E-state index in [1.807, 2.05) is 60.7 Å². The van der Waals surface area contributed by atoms with Crippen LogP contribution < -0.4 is 11.0 Å². The second-order valence-corrected chi connectivity index (χ2v) is 7.21. The van der Waals surface area contributed by atoms with Gasteiger partial charge in [-0.1, -0.05) is 60.7 Å². The van der Waals surface area contributed by atoms with Crippen LogP contribution in [0.15, 0.2) is 65.5 Å². The highest BCUT2D eigenvalue weighted by molar-refractivity contribution is 5.76. The van der Waals surface area contributed by atoms with E-state index in [1.54, 1.807) is 4.57 Å². The molecule has 0 bridgehead atoms. The van der Waals surface area contributed by atoms with Crippen molar-refractivity contribution in [2.24, 2.45) is 0 Å². The second kappa shape index (κ2) is 8.25. The standard InChI is InChI=1S/C22H24N4O2/c27-20(23-19-12-7-13-19)16-26-22(28)25(15-14-17-8-3-1-4-9-17)21(24-26)18-10-5-2-6-11-18/h1-6,8-11,19H,7,12-16H2,(H,23,27). The number of carbonyl (C=O) groups excluding carboxylic acids is 1. The third-order valence-electron chi connectivity index (χ3n) is 5.19. The van der Waals surface area contributed by atoms with E-state index in [1.165, 1.54) is 4.68 Å². The maximum atomic E-state index is 13.0. The molecule has 28 heavy (non-hydrogen) atoms. The Balaban J connectivity index is 1.59. The van der Waals surface area contributed by atoms with E-state index in [2.05, 4.69) is 10.4 Å². The Morgan fingerprint density at radius 2 is 1.71 bits per heavy atom. The van der Waals surface area contributed by atoms with Crippen molar-refractivity contribution in [3.05, 3.63) is 76.7 Å². The van der Waals surface area contributed by atoms with Gasteiger partial charge in [0.25, 0.3) is 0 Å². The molecular formula is C22H24N4O2. The van der Waals surface area contributed by atoms with Gasteiger partial charge in [-0.15, -0.1) is 5.10 Å². The summed E-state index contributed by atoms with van der Waals surface area (Å²) in [6.45, 7) is 0.463. The Hall–Kier alpha value is -3.15. The van der Waals surface area contributed by atoms with E-state index in [9.17, 15) is 9.59 Å². The van der Waals surface area contributed by atoms with E-state index in [0.29, 0.717) is 12.4 Å². The number of hydrogen-bond acceptors (Lipinski definition) is 3. The summed E-state index contributed by atoms with van der Waals surface area (Å²) in [7, 11) is 0. The number of nitrogens with zero attached hydrogens (tertiary/aromatic N) is 3. The van der Waals surface area contributed by atoms with Crippen LogP contribution in [0.3, 0.4) is 0 Å². The highest BCUT2D eigenvalue weighted by Crippen LogP contribution is 2.18. The number of nitrogens with one attached hydrogen (secondary N) is 1. The molecule has 0 saturated heterocycles. The van der Waals surface area contributed by atoms with Gasteiger partial charge in [-0.3, -0.25) is 9.36 Å². The fourth-order valence-corrected chi connectivity index (χ4v) is 3.39. The fourth-order valence-electron chi connectivity index (χ4n) is 3.39. The molecule has 4 rings (SSSR count). The van der Waals surface area contributed by atoms with Gasteiger partial charge in [0, 0.05) is 18.2 Å². The zero-order chi connectivity index (χ0) is 19.3. The second-order valence-electron chi connectivity index (χ2n) is 7.21. The number of aryl methyl sites for hydroxylation is 1. The topological polar surface area (TPSA) is 68.9 Å². The molecule has 1 fully saturated rings. The van der Waals surface area contributed by atoms with E-state index in [4.69, 9.17) is 0 Å². The minimum Gasteiger partial charge on any atom is -0.352 e. The molecule has 0 radical (unpaired) electrons. The minimum absolute atomic E-state index is 0.0481. The van der Waals surface area contributed by atoms with Crippen LogP contribution in [0, 0.1) is 0 Å². The molecule has 1 saturated carbocycles. The number of carbonyl (C=O) groups is 1. The van der Waals surface area contributed by atoms with Crippen LogP contribution in [0.2, 0.25) is 0 Å². The van der Waals surface area contributed by atoms with Crippen LogP contribution in [0.25, 0.3) is 11.4 Å². The summed E-state index contributed by atoms with van der Waals surface area (Å²) in [5.74, 6) is 0.442. The molecule has 0 atom stereocenters. The molecule has 6 nitrogen and oxygen atoms in total. The summed E-state index contributed by atoms with van der Waals surface area (Å²) in [5.41, 5.74) is 1.77. The molecule has 0 aliphatic heterocycles. The van der Waals surface area contributed by atoms with Gasteiger partial charge in [0.15, 0.2) is 5.82 Å². The Bertz CT molecular complexity index is 988. The lowest BCUT2D eigenvalue weighted by Gasteiger charge is -2.26. The van der Waals surface area contributed by atoms with Crippen molar-refractivity contribution >= 4 is 5.91 Å². The molecule has 0 unspecified atom stereocenters. The molecule has 144 valence electrons. The van der Waals surface area contributed by atoms with Gasteiger partial charge in [-0.2, -0.15) is 0 Å². The predicted octanol–water partition coefficient (Wildman–Crippen LogP) is 2.62. The van der Waals surface area contributed by atoms with Crippen LogP contribution in [0.5, 0.6) is 0 Å². The van der Waals surface area contributed by atoms with Gasteiger partial charge >= 0.3 is 5.69 Å². The Morgan fingerprint density at radius 3 is 2.36 bits per heavy atom. The molecule has 6 heteroatoms. The first-order valence-corrected chi connectivity index (χ1v) is 9.77. The van der Waals surface area contributed by atoms with Crippen molar-refractivity contribution < 1.29 is 4.79 Å². The monoisotopic (exact) mass is 376 g/mol. The summed E-state index contributed by atoms with van der Waals surface area (Å²) in [5, 5.41) is 7.46. The molecular weight excluding hydrogens is 352 g/mol. The number of aromatic nitrogens is 3. The average Bonchev–Trinajstić information content (AvgIpc) is 3.00. The minimum atomic E-state index is -0.251. The maximum Gasteiger partial charge on any atom is 0.346 e. The summed E-state index contributed by atoms with van der Waals surface area (Å²) in [4.78, 5) is 25.3. The smallest absolute Gasteiger partial charge is 0.346 e. The normalized spacial score (nSPS) is 13.9. The fraction of sp³-hybridized carbons (Fsp3) is 0.318. The quantitative estimate of drug-likeness (QED) is 0.689. The van der Waals surface area contributed by atoms with Gasteiger partial charge < -0.3 is 5.32 Å². The molecule has 1 aliphatic carbocycles. The molecule has 0 spiro atoms. The lowest BCUT2D eigenvalue weighted by molar-refractivity contribution is -0.123. The predicted molar refractivity (Wildman–Crippen MR) is 108 cm³/mol. The number of hydrogen-bond donors (Lipinski definition) is 1. The molecule has 1 heterocycles. The zero-order valence-electron chi connectivity index (χ0n) is 15.8. The maximum absolute atomic E-state index is 13.0. The third kappa shape index (κ3) is 4.06. The molecule has 1 aliphatic rings. The van der Waals surface area contributed by atoms with E-state index in [-0.39, 0.29) is 24.2 Å². The summed E-state index contributed by atoms with van der Waals surface area (Å²) in [6, 6.07) is 19.9. The van der Waals surface area contributed by atoms with Gasteiger partial charge in [0.05, 0.1) is 0 Å². The molecule has 1 amide bonds. The molecule has 3 aromatic rings. The highest BCUT2D eigenvalue weighted by Gasteiger charge is 2.21. The van der Waals surface area contributed by atoms with Crippen LogP contribution >= 0.6 is 0 Å². The van der Waals surface area contributed by atoms with E-state index < -0.39 is 0 Å². The van der Waals surface area contributed by atoms with Crippen molar-refractivity contribution in [1.29, 1.82) is 0 Å². The van der Waals surface area contributed by atoms with Crippen LogP contribution in [-0.2, 0) is 24.3 Å². The van der Waals surface area contributed by atoms with Crippen LogP contribution in [0.1, 0.15) is 24.8 Å². The summed E-state index contributed by atoms with van der Waals surface area (Å²) < 4.78 is 2.94. The van der Waals surface area contributed by atoms with Gasteiger partial charge in [-0.05, 0) is 31.2 Å². The Labute approximate surface area is 163 Å². The third-order valence-corrected chi connectivity index (χ3v) is 5.19. The van der Waals surface area contributed by atoms with Crippen LogP contribution in [-0.4, -0.2) is 26.3 Å². The zero-order valence-corrected chi connectivity index (χ0v) is 15.8. The largest absolute Gasteiger partial charge is 0.352 e. The van der Waals surface area contributed by atoms with Crippen molar-refractivity contribution in [2.45, 2.75) is 44.8 Å². The van der Waals surface area contributed by atoms with Crippen molar-refractivity contribution in [3.63, 3.8) is 0 Å². The molecule has 1 N–H and O–H groups in total. The summed E-state index contributed by atoms with van der Waals surface area (Å²) >= 11 is 0. The van der Waals surface area contributed by atoms with Crippen LogP contribution in [0.4, 0.5) is 0 Å². The SMILES string of the molecule is O=C(Cn1nc(-c2ccccc2)n(CCc2ccccc2)c1=O)NC1CCC1. The van der Waals surface area contributed by atoms with E-state index in [0.717, 1.165) is 36.8 Å². The number of rotatable bonds is 7. The van der Waals surface area contributed by atoms with Crippen molar-refractivity contribution in [3.8, 4) is 11.4 Å². The lowest BCUT2D eigenvalue weighted by Crippen LogP contribution is -2.42. The lowest BCUT2D eigenvalue weighted by atomic mass is 9.93. The first-order valence-electron chi connectivity index (χ1n) is 9.77. The summed E-state index contributed by atoms with van der Waals surface area (Å²) in [6.07, 6.45) is 3.90.